The predicted molar refractivity (Wildman–Crippen MR) is 76.3 cm³/mol. The normalized spacial score (nSPS) is 10.0. The highest BCUT2D eigenvalue weighted by Gasteiger charge is 2.09. The minimum absolute atomic E-state index is 0.0462. The van der Waals surface area contributed by atoms with Crippen LogP contribution in [0.3, 0.4) is 0 Å². The second-order valence-electron chi connectivity index (χ2n) is 4.46. The fraction of sp³-hybridized carbons (Fsp3) is 0.188. The van der Waals surface area contributed by atoms with Crippen molar-refractivity contribution in [3.05, 3.63) is 59.2 Å². The van der Waals surface area contributed by atoms with Crippen molar-refractivity contribution in [1.29, 1.82) is 5.26 Å². The molecule has 2 rings (SSSR count). The van der Waals surface area contributed by atoms with Crippen LogP contribution in [0.2, 0.25) is 0 Å². The van der Waals surface area contributed by atoms with Gasteiger partial charge in [0, 0.05) is 12.7 Å². The average molecular weight is 252 g/mol. The fourth-order valence-corrected chi connectivity index (χ4v) is 2.07. The number of benzene rings is 2. The molecule has 0 aliphatic heterocycles. The zero-order valence-corrected chi connectivity index (χ0v) is 11.1. The monoisotopic (exact) mass is 252 g/mol. The van der Waals surface area contributed by atoms with Crippen molar-refractivity contribution in [2.24, 2.45) is 0 Å². The van der Waals surface area contributed by atoms with Gasteiger partial charge in [0.15, 0.2) is 0 Å². The molecule has 0 heterocycles. The first kappa shape index (κ1) is 13.1. The van der Waals surface area contributed by atoms with E-state index in [1.807, 2.05) is 55.3 Å². The van der Waals surface area contributed by atoms with E-state index in [1.54, 1.807) is 6.07 Å². The highest BCUT2D eigenvalue weighted by molar-refractivity contribution is 5.69. The van der Waals surface area contributed by atoms with E-state index in [2.05, 4.69) is 6.07 Å². The molecule has 96 valence electrons. The van der Waals surface area contributed by atoms with Crippen molar-refractivity contribution in [2.75, 3.05) is 11.9 Å². The molecule has 0 atom stereocenters. The van der Waals surface area contributed by atoms with Gasteiger partial charge in [0.25, 0.3) is 0 Å². The predicted octanol–water partition coefficient (Wildman–Crippen LogP) is 3.13. The van der Waals surface area contributed by atoms with Gasteiger partial charge in [0.05, 0.1) is 17.9 Å². The Bertz CT molecular complexity index is 629. The number of para-hydroxylation sites is 1. The third kappa shape index (κ3) is 2.59. The third-order valence-corrected chi connectivity index (χ3v) is 3.27. The van der Waals surface area contributed by atoms with Gasteiger partial charge in [-0.1, -0.05) is 18.2 Å². The highest BCUT2D eigenvalue weighted by Crippen LogP contribution is 2.28. The lowest BCUT2D eigenvalue weighted by Gasteiger charge is -2.21. The summed E-state index contributed by atoms with van der Waals surface area (Å²) in [6.45, 7) is 2.02. The van der Waals surface area contributed by atoms with Crippen LogP contribution in [0.25, 0.3) is 0 Å². The second-order valence-corrected chi connectivity index (χ2v) is 4.46. The van der Waals surface area contributed by atoms with Crippen LogP contribution >= 0.6 is 0 Å². The van der Waals surface area contributed by atoms with E-state index >= 15 is 0 Å². The van der Waals surface area contributed by atoms with Crippen LogP contribution < -0.4 is 4.90 Å². The summed E-state index contributed by atoms with van der Waals surface area (Å²) >= 11 is 0. The van der Waals surface area contributed by atoms with E-state index in [9.17, 15) is 5.11 Å². The highest BCUT2D eigenvalue weighted by atomic mass is 16.3. The van der Waals surface area contributed by atoms with E-state index < -0.39 is 0 Å². The molecule has 0 aliphatic carbocycles. The SMILES string of the molecule is Cc1cc(N(C)c2ccccc2C#N)ccc1CO. The minimum Gasteiger partial charge on any atom is -0.392 e. The van der Waals surface area contributed by atoms with Crippen LogP contribution in [0.5, 0.6) is 0 Å². The maximum Gasteiger partial charge on any atom is 0.101 e. The molecule has 2 aromatic rings. The van der Waals surface area contributed by atoms with Gasteiger partial charge < -0.3 is 10.0 Å². The molecule has 0 saturated heterocycles. The molecule has 0 radical (unpaired) electrons. The Hall–Kier alpha value is -2.31. The molecular weight excluding hydrogens is 236 g/mol. The summed E-state index contributed by atoms with van der Waals surface area (Å²) in [6, 6.07) is 15.6. The van der Waals surface area contributed by atoms with Crippen LogP contribution in [0.15, 0.2) is 42.5 Å². The van der Waals surface area contributed by atoms with Gasteiger partial charge in [-0.3, -0.25) is 0 Å². The molecule has 0 fully saturated rings. The number of aryl methyl sites for hydroxylation is 1. The fourth-order valence-electron chi connectivity index (χ4n) is 2.07. The van der Waals surface area contributed by atoms with Gasteiger partial charge in [-0.05, 0) is 42.3 Å². The van der Waals surface area contributed by atoms with Crippen molar-refractivity contribution in [3.8, 4) is 6.07 Å². The standard InChI is InChI=1S/C16H16N2O/c1-12-9-15(8-7-14(12)11-19)18(2)16-6-4-3-5-13(16)10-17/h3-9,19H,11H2,1-2H3. The zero-order chi connectivity index (χ0) is 13.8. The van der Waals surface area contributed by atoms with Crippen molar-refractivity contribution in [1.82, 2.24) is 0 Å². The number of hydrogen-bond donors (Lipinski definition) is 1. The van der Waals surface area contributed by atoms with Crippen LogP contribution in [0.4, 0.5) is 11.4 Å². The Morgan fingerprint density at radius 2 is 1.95 bits per heavy atom. The van der Waals surface area contributed by atoms with Gasteiger partial charge in [0.2, 0.25) is 0 Å². The van der Waals surface area contributed by atoms with Crippen LogP contribution in [0.1, 0.15) is 16.7 Å². The van der Waals surface area contributed by atoms with E-state index in [4.69, 9.17) is 5.26 Å². The minimum atomic E-state index is 0.0462. The summed E-state index contributed by atoms with van der Waals surface area (Å²) in [7, 11) is 1.93. The molecule has 1 N–H and O–H groups in total. The summed E-state index contributed by atoms with van der Waals surface area (Å²) in [5.41, 5.74) is 4.49. The maximum atomic E-state index is 9.19. The quantitative estimate of drug-likeness (QED) is 0.913. The van der Waals surface area contributed by atoms with Crippen molar-refractivity contribution < 1.29 is 5.11 Å². The lowest BCUT2D eigenvalue weighted by atomic mass is 10.1. The molecule has 0 aliphatic rings. The topological polar surface area (TPSA) is 47.3 Å². The molecule has 0 saturated carbocycles. The molecule has 0 amide bonds. The first-order valence-corrected chi connectivity index (χ1v) is 6.10. The molecule has 0 unspecified atom stereocenters. The smallest absolute Gasteiger partial charge is 0.101 e. The van der Waals surface area contributed by atoms with E-state index in [-0.39, 0.29) is 6.61 Å². The number of hydrogen-bond acceptors (Lipinski definition) is 3. The van der Waals surface area contributed by atoms with Gasteiger partial charge in [-0.15, -0.1) is 0 Å². The van der Waals surface area contributed by atoms with E-state index in [1.165, 1.54) is 0 Å². The molecule has 3 nitrogen and oxygen atoms in total. The Kier molecular flexibility index (Phi) is 3.84. The largest absolute Gasteiger partial charge is 0.392 e. The molecule has 0 bridgehead atoms. The summed E-state index contributed by atoms with van der Waals surface area (Å²) < 4.78 is 0. The van der Waals surface area contributed by atoms with Crippen LogP contribution in [-0.2, 0) is 6.61 Å². The van der Waals surface area contributed by atoms with Crippen molar-refractivity contribution >= 4 is 11.4 Å². The Morgan fingerprint density at radius 1 is 1.21 bits per heavy atom. The molecule has 19 heavy (non-hydrogen) atoms. The Balaban J connectivity index is 2.42. The van der Waals surface area contributed by atoms with Gasteiger partial charge in [-0.2, -0.15) is 5.26 Å². The number of anilines is 2. The summed E-state index contributed by atoms with van der Waals surface area (Å²) in [5, 5.41) is 18.3. The number of rotatable bonds is 3. The van der Waals surface area contributed by atoms with Gasteiger partial charge in [-0.25, -0.2) is 0 Å². The number of nitrogens with zero attached hydrogens (tertiary/aromatic N) is 2. The van der Waals surface area contributed by atoms with E-state index in [0.717, 1.165) is 22.5 Å². The summed E-state index contributed by atoms with van der Waals surface area (Å²) in [6.07, 6.45) is 0. The zero-order valence-electron chi connectivity index (χ0n) is 11.1. The van der Waals surface area contributed by atoms with Gasteiger partial charge in [0.1, 0.15) is 6.07 Å². The maximum absolute atomic E-state index is 9.19. The van der Waals surface area contributed by atoms with Crippen LogP contribution in [0, 0.1) is 18.3 Å². The number of aliphatic hydroxyl groups excluding tert-OH is 1. The molecule has 2 aromatic carbocycles. The molecular formula is C16H16N2O. The number of aliphatic hydroxyl groups is 1. The first-order valence-electron chi connectivity index (χ1n) is 6.10. The summed E-state index contributed by atoms with van der Waals surface area (Å²) in [4.78, 5) is 1.98. The van der Waals surface area contributed by atoms with Crippen molar-refractivity contribution in [2.45, 2.75) is 13.5 Å². The Morgan fingerprint density at radius 3 is 2.58 bits per heavy atom. The van der Waals surface area contributed by atoms with Crippen LogP contribution in [-0.4, -0.2) is 12.2 Å². The lowest BCUT2D eigenvalue weighted by Crippen LogP contribution is -2.11. The summed E-state index contributed by atoms with van der Waals surface area (Å²) in [5.74, 6) is 0. The van der Waals surface area contributed by atoms with Gasteiger partial charge >= 0.3 is 0 Å². The number of nitriles is 1. The first-order chi connectivity index (χ1) is 9.17. The molecule has 0 spiro atoms. The van der Waals surface area contributed by atoms with E-state index in [0.29, 0.717) is 5.56 Å². The lowest BCUT2D eigenvalue weighted by molar-refractivity contribution is 0.281. The third-order valence-electron chi connectivity index (χ3n) is 3.27. The molecule has 3 heteroatoms. The Labute approximate surface area is 113 Å². The molecule has 0 aromatic heterocycles. The van der Waals surface area contributed by atoms with Crippen molar-refractivity contribution in [3.63, 3.8) is 0 Å². The second kappa shape index (κ2) is 5.55. The average Bonchev–Trinajstić information content (AvgIpc) is 2.46.